The van der Waals surface area contributed by atoms with Gasteiger partial charge in [-0.15, -0.1) is 28.2 Å². The van der Waals surface area contributed by atoms with Gasteiger partial charge >= 0.3 is 31.1 Å². The number of hydrogen-bond acceptors (Lipinski definition) is 0. The minimum Gasteiger partial charge on any atom is -0.425 e. The normalized spacial score (nSPS) is 7.08. The van der Waals surface area contributed by atoms with E-state index in [4.69, 9.17) is 0 Å². The molecule has 0 aliphatic carbocycles. The van der Waals surface area contributed by atoms with Crippen LogP contribution >= 0.6 is 22.6 Å². The van der Waals surface area contributed by atoms with Gasteiger partial charge in [-0.2, -0.15) is 24.3 Å². The third-order valence-corrected chi connectivity index (χ3v) is 2.18. The number of hydrogen-bond donors (Lipinski definition) is 0. The predicted molar refractivity (Wildman–Crippen MR) is 55.0 cm³/mol. The van der Waals surface area contributed by atoms with E-state index in [-0.39, 0.29) is 58.4 Å². The summed E-state index contributed by atoms with van der Waals surface area (Å²) in [7, 11) is 0. The minimum atomic E-state index is -1.00. The van der Waals surface area contributed by atoms with Gasteiger partial charge in [0.15, 0.2) is 0 Å². The molecule has 1 aromatic rings. The standard InChI is InChI=1S/C7H6I.CHF2.Tl.U/c1-6-4-2-3-5-7(6)8;2-1-3;;/h2,4-5H,1H3;1H;;/q2*-1;;+2. The molecule has 0 heterocycles. The molecule has 0 aliphatic heterocycles. The molecule has 0 fully saturated rings. The summed E-state index contributed by atoms with van der Waals surface area (Å²) in [5, 5.41) is 0. The van der Waals surface area contributed by atoms with Crippen molar-refractivity contribution < 1.29 is 39.9 Å². The van der Waals surface area contributed by atoms with Crippen molar-refractivity contribution in [2.75, 3.05) is 0 Å². The topological polar surface area (TPSA) is 0 Å². The molecule has 0 nitrogen and oxygen atoms in total. The van der Waals surface area contributed by atoms with E-state index in [2.05, 4.69) is 41.6 Å². The van der Waals surface area contributed by atoms with Crippen molar-refractivity contribution in [1.82, 2.24) is 0 Å². The fourth-order valence-electron chi connectivity index (χ4n) is 0.488. The SMILES string of the molecule is Cc1cc[c-]cc1I.F[CH-]F.[Tl].[U+2]. The molecule has 0 aliphatic rings. The van der Waals surface area contributed by atoms with Gasteiger partial charge in [-0.3, -0.25) is 0 Å². The Morgan fingerprint density at radius 2 is 1.92 bits per heavy atom. The van der Waals surface area contributed by atoms with Crippen LogP contribution < -0.4 is 0 Å². The third-order valence-electron chi connectivity index (χ3n) is 1.02. The van der Waals surface area contributed by atoms with Crippen molar-refractivity contribution in [3.63, 3.8) is 0 Å². The van der Waals surface area contributed by atoms with Crippen LogP contribution in [0.4, 0.5) is 8.78 Å². The maximum atomic E-state index is 9.50. The van der Waals surface area contributed by atoms with Crippen molar-refractivity contribution in [2.45, 2.75) is 6.92 Å². The van der Waals surface area contributed by atoms with Gasteiger partial charge in [-0.05, 0) is 6.93 Å². The molecule has 0 saturated heterocycles. The molecule has 13 heavy (non-hydrogen) atoms. The molecular weight excluding hydrogens is 703 g/mol. The second kappa shape index (κ2) is 13.8. The molecule has 0 bridgehead atoms. The largest absolute Gasteiger partial charge is 2.00 e. The van der Waals surface area contributed by atoms with Crippen molar-refractivity contribution in [3.8, 4) is 0 Å². The first-order valence-corrected chi connectivity index (χ1v) is 3.94. The number of aryl methyl sites for hydroxylation is 1. The molecule has 0 amide bonds. The Kier molecular flexibility index (Phi) is 21.4. The fraction of sp³-hybridized carbons (Fsp3) is 0.125. The maximum absolute atomic E-state index is 9.50. The first-order valence-electron chi connectivity index (χ1n) is 2.86. The zero-order chi connectivity index (χ0) is 8.69. The monoisotopic (exact) mass is 711 g/mol. The molecule has 0 unspecified atom stereocenters. The summed E-state index contributed by atoms with van der Waals surface area (Å²) in [6.07, 6.45) is 0. The van der Waals surface area contributed by atoms with Crippen LogP contribution in [0.2, 0.25) is 0 Å². The molecule has 0 atom stereocenters. The molecule has 0 saturated carbocycles. The van der Waals surface area contributed by atoms with Crippen LogP contribution in [0, 0.1) is 54.6 Å². The zero-order valence-corrected chi connectivity index (χ0v) is 17.8. The van der Waals surface area contributed by atoms with Crippen LogP contribution in [0.3, 0.4) is 0 Å². The number of rotatable bonds is 0. The van der Waals surface area contributed by atoms with E-state index in [9.17, 15) is 8.78 Å². The predicted octanol–water partition coefficient (Wildman–Crippen LogP) is 3.06. The maximum Gasteiger partial charge on any atom is 2.00 e. The van der Waals surface area contributed by atoms with Crippen LogP contribution in [0.15, 0.2) is 18.2 Å². The van der Waals surface area contributed by atoms with E-state index in [0.717, 1.165) is 0 Å². The molecule has 0 N–H and O–H groups in total. The summed E-state index contributed by atoms with van der Waals surface area (Å²) in [5.41, 5.74) is 1.32. The van der Waals surface area contributed by atoms with Gasteiger partial charge in [0, 0.05) is 27.3 Å². The Morgan fingerprint density at radius 1 is 1.46 bits per heavy atom. The van der Waals surface area contributed by atoms with Gasteiger partial charge in [0.2, 0.25) is 0 Å². The van der Waals surface area contributed by atoms with Crippen molar-refractivity contribution in [3.05, 3.63) is 40.3 Å². The van der Waals surface area contributed by atoms with Crippen molar-refractivity contribution in [2.24, 2.45) is 0 Å². The van der Waals surface area contributed by atoms with E-state index in [1.165, 1.54) is 9.13 Å². The van der Waals surface area contributed by atoms with Crippen LogP contribution in [-0.4, -0.2) is 27.3 Å². The summed E-state index contributed by atoms with van der Waals surface area (Å²) in [6, 6.07) is 8.96. The summed E-state index contributed by atoms with van der Waals surface area (Å²) >= 11 is 2.29. The second-order valence-electron chi connectivity index (χ2n) is 1.76. The van der Waals surface area contributed by atoms with Gasteiger partial charge in [0.25, 0.3) is 0 Å². The quantitative estimate of drug-likeness (QED) is 0.221. The third kappa shape index (κ3) is 11.7. The Bertz CT molecular complexity index is 190. The van der Waals surface area contributed by atoms with Crippen molar-refractivity contribution in [1.29, 1.82) is 0 Å². The average Bonchev–Trinajstić information content (AvgIpc) is 1.97. The first-order chi connectivity index (χ1) is 5.22. The second-order valence-corrected chi connectivity index (χ2v) is 2.92. The van der Waals surface area contributed by atoms with Gasteiger partial charge < -0.3 is 8.78 Å². The summed E-state index contributed by atoms with van der Waals surface area (Å²) < 4.78 is 20.3. The molecule has 1 rings (SSSR count). The molecule has 1 aromatic carbocycles. The van der Waals surface area contributed by atoms with E-state index in [1.807, 2.05) is 12.1 Å². The van der Waals surface area contributed by atoms with Gasteiger partial charge in [0.1, 0.15) is 0 Å². The Balaban J connectivity index is -0.000000180. The van der Waals surface area contributed by atoms with E-state index >= 15 is 0 Å². The van der Waals surface area contributed by atoms with Crippen LogP contribution in [-0.2, 0) is 0 Å². The van der Waals surface area contributed by atoms with E-state index in [1.54, 1.807) is 0 Å². The van der Waals surface area contributed by atoms with Crippen molar-refractivity contribution >= 4 is 49.9 Å². The zero-order valence-electron chi connectivity index (χ0n) is 7.02. The van der Waals surface area contributed by atoms with Gasteiger partial charge in [0.05, 0.1) is 0 Å². The van der Waals surface area contributed by atoms with Gasteiger partial charge in [-0.1, -0.05) is 10.5 Å². The Labute approximate surface area is 135 Å². The number of benzene rings is 1. The smallest absolute Gasteiger partial charge is 0.425 e. The van der Waals surface area contributed by atoms with Crippen LogP contribution in [0.5, 0.6) is 0 Å². The minimum absolute atomic E-state index is 0. The van der Waals surface area contributed by atoms with Gasteiger partial charge in [-0.25, -0.2) is 0 Å². The molecule has 0 aromatic heterocycles. The Morgan fingerprint density at radius 3 is 2.15 bits per heavy atom. The van der Waals surface area contributed by atoms with Crippen LogP contribution in [0.1, 0.15) is 5.56 Å². The fourth-order valence-corrected chi connectivity index (χ4v) is 0.847. The van der Waals surface area contributed by atoms with E-state index in [0.29, 0.717) is 0 Å². The molecule has 0 spiro atoms. The summed E-state index contributed by atoms with van der Waals surface area (Å²) in [5.74, 6) is 0. The average molecular weight is 710 g/mol. The summed E-state index contributed by atoms with van der Waals surface area (Å²) in [4.78, 5) is 0. The van der Waals surface area contributed by atoms with E-state index < -0.39 is 6.93 Å². The number of halogens is 3. The molecule has 5 heteroatoms. The Hall–Kier alpha value is 1.78. The molecule has 1 radical (unpaired) electrons. The van der Waals surface area contributed by atoms with Crippen LogP contribution in [0.25, 0.3) is 0 Å². The summed E-state index contributed by atoms with van der Waals surface area (Å²) in [6.45, 7) is 1.09. The molecular formula is C8H7F2ITlU. The molecule has 67 valence electrons. The first kappa shape index (κ1) is 20.2.